The Labute approximate surface area is 346 Å². The number of amides is 3. The molecule has 2 rings (SSSR count). The second-order valence-electron chi connectivity index (χ2n) is 18.2. The maximum Gasteiger partial charge on any atom is 0.407 e. The van der Waals surface area contributed by atoms with E-state index >= 15 is 0 Å². The summed E-state index contributed by atoms with van der Waals surface area (Å²) in [5, 5.41) is 9.77. The van der Waals surface area contributed by atoms with Gasteiger partial charge in [-0.15, -0.1) is 0 Å². The number of thioether (sulfide) groups is 1. The van der Waals surface area contributed by atoms with Crippen molar-refractivity contribution in [2.75, 3.05) is 71.2 Å². The van der Waals surface area contributed by atoms with Crippen molar-refractivity contribution >= 4 is 38.7 Å². The molecule has 1 aliphatic rings. The number of alkyl carbamates (subject to hydrolysis) is 1. The molecule has 1 aromatic rings. The Morgan fingerprint density at radius 1 is 0.929 bits per heavy atom. The van der Waals surface area contributed by atoms with Gasteiger partial charge in [0.15, 0.2) is 9.04 Å². The van der Waals surface area contributed by atoms with Crippen LogP contribution in [0.3, 0.4) is 0 Å². The van der Waals surface area contributed by atoms with Gasteiger partial charge < -0.3 is 34.6 Å². The smallest absolute Gasteiger partial charge is 0.407 e. The average molecular weight is 823 g/mol. The minimum Gasteiger partial charge on any atom is -0.493 e. The van der Waals surface area contributed by atoms with Gasteiger partial charge in [0.05, 0.1) is 12.2 Å². The van der Waals surface area contributed by atoms with Crippen molar-refractivity contribution in [2.45, 2.75) is 113 Å². The third-order valence-corrected chi connectivity index (χ3v) is 12.3. The average Bonchev–Trinajstić information content (AvgIpc) is 3.11. The Balaban J connectivity index is 2.38. The predicted octanol–water partition coefficient (Wildman–Crippen LogP) is 7.25. The van der Waals surface area contributed by atoms with E-state index in [4.69, 9.17) is 18.6 Å². The lowest BCUT2D eigenvalue weighted by molar-refractivity contribution is -0.128. The molecule has 0 spiro atoms. The highest BCUT2D eigenvalue weighted by Gasteiger charge is 2.40. The van der Waals surface area contributed by atoms with E-state index in [0.29, 0.717) is 57.1 Å². The third kappa shape index (κ3) is 19.4. The predicted molar refractivity (Wildman–Crippen MR) is 233 cm³/mol. The Kier molecular flexibility index (Phi) is 22.4. The molecule has 1 unspecified atom stereocenters. The van der Waals surface area contributed by atoms with Crippen molar-refractivity contribution in [3.63, 3.8) is 0 Å². The summed E-state index contributed by atoms with van der Waals surface area (Å²) >= 11 is 1.98. The fourth-order valence-corrected chi connectivity index (χ4v) is 8.74. The van der Waals surface area contributed by atoms with Crippen LogP contribution < -0.4 is 20.7 Å². The number of nitrogens with one attached hydrogen (secondary N) is 3. The van der Waals surface area contributed by atoms with Gasteiger partial charge >= 0.3 is 6.09 Å². The quantitative estimate of drug-likeness (QED) is 0.0731. The largest absolute Gasteiger partial charge is 0.493 e. The van der Waals surface area contributed by atoms with Crippen molar-refractivity contribution in [2.24, 2.45) is 35.0 Å². The van der Waals surface area contributed by atoms with Crippen molar-refractivity contribution in [3.05, 3.63) is 29.8 Å². The topological polar surface area (TPSA) is 127 Å². The van der Waals surface area contributed by atoms with Gasteiger partial charge in [-0.1, -0.05) is 53.7 Å². The first-order chi connectivity index (χ1) is 26.3. The zero-order valence-corrected chi connectivity index (χ0v) is 38.9. The first-order valence-electron chi connectivity index (χ1n) is 21.0. The monoisotopic (exact) mass is 823 g/mol. The number of unbranched alkanes of at least 4 members (excludes halogenated alkanes) is 1. The molecule has 0 aromatic heterocycles. The van der Waals surface area contributed by atoms with Crippen LogP contribution in [0.25, 0.3) is 0 Å². The van der Waals surface area contributed by atoms with Crippen LogP contribution in [0.1, 0.15) is 98.4 Å². The van der Waals surface area contributed by atoms with E-state index in [1.54, 1.807) is 13.2 Å². The maximum atomic E-state index is 14.2. The number of hydrogen-bond acceptors (Lipinski definition) is 9. The Morgan fingerprint density at radius 3 is 2.20 bits per heavy atom. The molecule has 322 valence electrons. The molecule has 0 aliphatic carbocycles. The zero-order chi connectivity index (χ0) is 41.9. The van der Waals surface area contributed by atoms with Crippen LogP contribution in [-0.2, 0) is 18.7 Å². The normalized spacial score (nSPS) is 16.8. The van der Waals surface area contributed by atoms with E-state index in [2.05, 4.69) is 75.5 Å². The highest BCUT2D eigenvalue weighted by atomic mass is 32.2. The second-order valence-corrected chi connectivity index (χ2v) is 21.8. The van der Waals surface area contributed by atoms with E-state index in [9.17, 15) is 14.4 Å². The number of para-hydroxylation sites is 1. The van der Waals surface area contributed by atoms with Crippen LogP contribution in [0.5, 0.6) is 5.75 Å². The van der Waals surface area contributed by atoms with E-state index in [1.165, 1.54) is 0 Å². The van der Waals surface area contributed by atoms with Gasteiger partial charge in [0.2, 0.25) is 5.91 Å². The fraction of sp³-hybridized carbons (Fsp3) is 0.791. The number of nitrogens with zero attached hydrogens (tertiary/aromatic N) is 1. The summed E-state index contributed by atoms with van der Waals surface area (Å²) in [6.45, 7) is 28.5. The first kappa shape index (κ1) is 49.8. The zero-order valence-electron chi connectivity index (χ0n) is 37.0. The Morgan fingerprint density at radius 2 is 1.59 bits per heavy atom. The molecule has 1 aromatic carbocycles. The molecule has 11 nitrogen and oxygen atoms in total. The van der Waals surface area contributed by atoms with Crippen LogP contribution in [0.15, 0.2) is 24.3 Å². The van der Waals surface area contributed by atoms with Gasteiger partial charge in [0.1, 0.15) is 11.4 Å². The number of ether oxygens (including phenoxy) is 3. The Hall–Kier alpha value is -2.32. The van der Waals surface area contributed by atoms with Gasteiger partial charge in [-0.05, 0) is 101 Å². The van der Waals surface area contributed by atoms with Crippen molar-refractivity contribution < 1.29 is 33.0 Å². The molecule has 1 fully saturated rings. The van der Waals surface area contributed by atoms with Gasteiger partial charge in [0.25, 0.3) is 5.91 Å². The van der Waals surface area contributed by atoms with Crippen LogP contribution in [0.2, 0.25) is 13.1 Å². The molecule has 1 saturated heterocycles. The minimum atomic E-state index is -1.32. The van der Waals surface area contributed by atoms with Crippen LogP contribution >= 0.6 is 11.8 Å². The summed E-state index contributed by atoms with van der Waals surface area (Å²) in [6, 6.07) is 6.99. The summed E-state index contributed by atoms with van der Waals surface area (Å²) in [4.78, 5) is 43.9. The lowest BCUT2D eigenvalue weighted by atomic mass is 9.67. The SMILES string of the molecule is COCCCCOc1ccccc1C(=O)NC[C@@H](C[C@H](NC(=O)OC(C)(C)C)[C@@H](C[C@H](C(=O)NCCN1CCSCC1)C(C)CO[SiH](C)C)C(C)(C)C)C(C)C. The second kappa shape index (κ2) is 25.2. The number of carbonyl (C=O) groups is 3. The van der Waals surface area contributed by atoms with Gasteiger partial charge in [0, 0.05) is 76.5 Å². The summed E-state index contributed by atoms with van der Waals surface area (Å²) in [5.74, 6) is 2.39. The highest BCUT2D eigenvalue weighted by molar-refractivity contribution is 7.99. The summed E-state index contributed by atoms with van der Waals surface area (Å²) in [5.41, 5.74) is -0.480. The van der Waals surface area contributed by atoms with E-state index < -0.39 is 20.7 Å². The van der Waals surface area contributed by atoms with Crippen LogP contribution in [-0.4, -0.2) is 115 Å². The van der Waals surface area contributed by atoms with Crippen LogP contribution in [0.4, 0.5) is 4.79 Å². The summed E-state index contributed by atoms with van der Waals surface area (Å²) in [6.07, 6.45) is 2.37. The molecule has 0 radical (unpaired) electrons. The lowest BCUT2D eigenvalue weighted by Crippen LogP contribution is -2.51. The molecule has 13 heteroatoms. The van der Waals surface area contributed by atoms with Crippen LogP contribution in [0, 0.1) is 35.0 Å². The summed E-state index contributed by atoms with van der Waals surface area (Å²) < 4.78 is 23.2. The highest BCUT2D eigenvalue weighted by Crippen LogP contribution is 2.39. The standard InChI is InChI=1S/C43H78N4O7SSi/c1-31(2)33(29-45-39(48)34-17-13-14-18-38(34)52-24-16-15-23-51-10)27-37(46-41(50)54-43(7,8)9)36(42(4,5)6)28-35(32(3)30-53-56(11)12)40(49)44-19-20-47-21-25-55-26-22-47/h13-14,17-18,31-33,35-37,56H,15-16,19-30H2,1-12H3,(H,44,49)(H,45,48)(H,46,50)/t32?,33-,35+,36-,37+/m1/s1. The number of methoxy groups -OCH3 is 1. The van der Waals surface area contributed by atoms with Crippen molar-refractivity contribution in [1.82, 2.24) is 20.9 Å². The molecule has 0 saturated carbocycles. The molecule has 1 heterocycles. The van der Waals surface area contributed by atoms with Gasteiger partial charge in [-0.25, -0.2) is 4.79 Å². The molecule has 3 N–H and O–H groups in total. The summed E-state index contributed by atoms with van der Waals surface area (Å²) in [7, 11) is 0.368. The third-order valence-electron chi connectivity index (χ3n) is 10.5. The fourth-order valence-electron chi connectivity index (χ4n) is 7.08. The minimum absolute atomic E-state index is 0.00791. The van der Waals surface area contributed by atoms with Crippen molar-refractivity contribution in [3.8, 4) is 5.75 Å². The number of benzene rings is 1. The number of hydrogen-bond donors (Lipinski definition) is 3. The molecule has 0 bridgehead atoms. The molecular formula is C43H78N4O7SSi. The maximum absolute atomic E-state index is 14.2. The molecule has 56 heavy (non-hydrogen) atoms. The van der Waals surface area contributed by atoms with E-state index in [0.717, 1.165) is 44.0 Å². The molecular weight excluding hydrogens is 745 g/mol. The Bertz CT molecular complexity index is 1300. The molecule has 1 aliphatic heterocycles. The van der Waals surface area contributed by atoms with Gasteiger partial charge in [-0.2, -0.15) is 11.8 Å². The molecule has 3 amide bonds. The lowest BCUT2D eigenvalue weighted by Gasteiger charge is -2.42. The number of carbonyl (C=O) groups excluding carboxylic acids is 3. The number of rotatable bonds is 24. The first-order valence-corrected chi connectivity index (χ1v) is 24.9. The van der Waals surface area contributed by atoms with Gasteiger partial charge in [-0.3, -0.25) is 14.5 Å². The molecule has 5 atom stereocenters. The van der Waals surface area contributed by atoms with E-state index in [1.807, 2.05) is 50.7 Å². The van der Waals surface area contributed by atoms with Crippen molar-refractivity contribution in [1.29, 1.82) is 0 Å². The van der Waals surface area contributed by atoms with E-state index in [-0.39, 0.29) is 52.9 Å².